The molecule has 0 saturated carbocycles. The van der Waals surface area contributed by atoms with Gasteiger partial charge in [-0.05, 0) is 26.3 Å². The summed E-state index contributed by atoms with van der Waals surface area (Å²) < 4.78 is 1.92. The second-order valence-electron chi connectivity index (χ2n) is 5.71. The summed E-state index contributed by atoms with van der Waals surface area (Å²) in [7, 11) is 0. The molecule has 0 atom stereocenters. The zero-order chi connectivity index (χ0) is 17.1. The van der Waals surface area contributed by atoms with Crippen molar-refractivity contribution in [2.45, 2.75) is 33.7 Å². The van der Waals surface area contributed by atoms with E-state index in [2.05, 4.69) is 20.6 Å². The fourth-order valence-electron chi connectivity index (χ4n) is 2.86. The van der Waals surface area contributed by atoms with Crippen LogP contribution in [0.5, 0.6) is 0 Å². The summed E-state index contributed by atoms with van der Waals surface area (Å²) in [6.45, 7) is 6.78. The maximum atomic E-state index is 12.5. The summed E-state index contributed by atoms with van der Waals surface area (Å²) in [5.74, 6) is 0.530. The Hall–Kier alpha value is -2.89. The van der Waals surface area contributed by atoms with Crippen molar-refractivity contribution < 1.29 is 4.79 Å². The van der Waals surface area contributed by atoms with Gasteiger partial charge >= 0.3 is 0 Å². The van der Waals surface area contributed by atoms with Crippen LogP contribution >= 0.6 is 0 Å². The lowest BCUT2D eigenvalue weighted by molar-refractivity contribution is -0.115. The Morgan fingerprint density at radius 3 is 2.67 bits per heavy atom. The number of aromatic nitrogens is 4. The number of hydrogen-bond acceptors (Lipinski definition) is 3. The number of carbonyl (C=O) groups excluding carboxylic acids is 1. The number of H-pyrrole nitrogens is 1. The Balaban J connectivity index is 1.77. The number of rotatable bonds is 5. The van der Waals surface area contributed by atoms with Gasteiger partial charge in [0.1, 0.15) is 5.82 Å². The van der Waals surface area contributed by atoms with E-state index in [0.717, 1.165) is 34.6 Å². The van der Waals surface area contributed by atoms with Crippen LogP contribution in [-0.2, 0) is 17.8 Å². The Bertz CT molecular complexity index is 848. The molecule has 0 saturated heterocycles. The van der Waals surface area contributed by atoms with Crippen molar-refractivity contribution in [1.82, 2.24) is 20.0 Å². The molecule has 0 fully saturated rings. The Morgan fingerprint density at radius 1 is 1.25 bits per heavy atom. The normalized spacial score (nSPS) is 10.8. The van der Waals surface area contributed by atoms with E-state index >= 15 is 0 Å². The third kappa shape index (κ3) is 3.08. The number of nitrogens with zero attached hydrogens (tertiary/aromatic N) is 3. The van der Waals surface area contributed by atoms with Gasteiger partial charge in [0.15, 0.2) is 0 Å². The first kappa shape index (κ1) is 16.0. The third-order valence-corrected chi connectivity index (χ3v) is 4.16. The van der Waals surface area contributed by atoms with E-state index in [1.807, 2.05) is 55.8 Å². The van der Waals surface area contributed by atoms with Crippen LogP contribution in [0.1, 0.15) is 23.9 Å². The number of carbonyl (C=O) groups is 1. The molecule has 3 aromatic rings. The summed E-state index contributed by atoms with van der Waals surface area (Å²) in [5, 5.41) is 14.3. The summed E-state index contributed by atoms with van der Waals surface area (Å²) in [6.07, 6.45) is 2.02. The molecule has 0 aliphatic rings. The van der Waals surface area contributed by atoms with Gasteiger partial charge < -0.3 is 5.32 Å². The van der Waals surface area contributed by atoms with E-state index in [1.165, 1.54) is 0 Å². The van der Waals surface area contributed by atoms with Crippen molar-refractivity contribution in [2.24, 2.45) is 0 Å². The second-order valence-corrected chi connectivity index (χ2v) is 5.71. The molecule has 2 aromatic heterocycles. The Kier molecular flexibility index (Phi) is 4.46. The van der Waals surface area contributed by atoms with Crippen LogP contribution < -0.4 is 5.32 Å². The first-order valence-electron chi connectivity index (χ1n) is 8.01. The number of aryl methyl sites for hydroxylation is 2. The molecule has 24 heavy (non-hydrogen) atoms. The molecule has 6 nitrogen and oxygen atoms in total. The average Bonchev–Trinajstić information content (AvgIpc) is 3.15. The molecule has 0 bridgehead atoms. The fraction of sp³-hybridized carbons (Fsp3) is 0.278. The van der Waals surface area contributed by atoms with Gasteiger partial charge in [-0.1, -0.05) is 30.3 Å². The number of benzene rings is 1. The Labute approximate surface area is 140 Å². The third-order valence-electron chi connectivity index (χ3n) is 4.16. The van der Waals surface area contributed by atoms with Crippen LogP contribution in [0, 0.1) is 13.8 Å². The predicted octanol–water partition coefficient (Wildman–Crippen LogP) is 3.09. The molecule has 0 aliphatic heterocycles. The van der Waals surface area contributed by atoms with Gasteiger partial charge in [-0.2, -0.15) is 10.2 Å². The average molecular weight is 323 g/mol. The van der Waals surface area contributed by atoms with Crippen molar-refractivity contribution in [2.75, 3.05) is 5.32 Å². The van der Waals surface area contributed by atoms with Gasteiger partial charge in [-0.3, -0.25) is 14.6 Å². The number of hydrogen-bond donors (Lipinski definition) is 2. The maximum absolute atomic E-state index is 12.5. The number of anilines is 1. The van der Waals surface area contributed by atoms with Crippen molar-refractivity contribution in [3.63, 3.8) is 0 Å². The monoisotopic (exact) mass is 323 g/mol. The lowest BCUT2D eigenvalue weighted by Gasteiger charge is -2.07. The first-order valence-corrected chi connectivity index (χ1v) is 8.01. The standard InChI is InChI=1S/C18H21N5O/c1-4-23-13(3)15(12(2)22-23)10-17(24)20-18-16(11-19-21-18)14-8-6-5-7-9-14/h5-9,11H,4,10H2,1-3H3,(H2,19,20,21,24). The van der Waals surface area contributed by atoms with E-state index in [9.17, 15) is 4.79 Å². The van der Waals surface area contributed by atoms with Gasteiger partial charge in [0.2, 0.25) is 5.91 Å². The van der Waals surface area contributed by atoms with Crippen LogP contribution in [0.2, 0.25) is 0 Å². The maximum Gasteiger partial charge on any atom is 0.230 e. The number of aromatic amines is 1. The first-order chi connectivity index (χ1) is 11.6. The molecule has 6 heteroatoms. The summed E-state index contributed by atoms with van der Waals surface area (Å²) in [6, 6.07) is 9.85. The Morgan fingerprint density at radius 2 is 2.00 bits per heavy atom. The SMILES string of the molecule is CCn1nc(C)c(CC(=O)Nc2[nH]ncc2-c2ccccc2)c1C. The van der Waals surface area contributed by atoms with E-state index < -0.39 is 0 Å². The van der Waals surface area contributed by atoms with Gasteiger partial charge in [0, 0.05) is 23.4 Å². The van der Waals surface area contributed by atoms with Crippen LogP contribution in [0.3, 0.4) is 0 Å². The lowest BCUT2D eigenvalue weighted by Crippen LogP contribution is -2.16. The van der Waals surface area contributed by atoms with Crippen LogP contribution in [-0.4, -0.2) is 25.9 Å². The smallest absolute Gasteiger partial charge is 0.230 e. The van der Waals surface area contributed by atoms with E-state index in [1.54, 1.807) is 6.20 Å². The van der Waals surface area contributed by atoms with Crippen LogP contribution in [0.15, 0.2) is 36.5 Å². The van der Waals surface area contributed by atoms with Gasteiger partial charge in [0.05, 0.1) is 18.3 Å². The number of amides is 1. The molecular formula is C18H21N5O. The molecule has 1 aromatic carbocycles. The molecule has 0 unspecified atom stereocenters. The highest BCUT2D eigenvalue weighted by atomic mass is 16.1. The van der Waals surface area contributed by atoms with Crippen molar-refractivity contribution in [1.29, 1.82) is 0 Å². The highest BCUT2D eigenvalue weighted by Gasteiger charge is 2.16. The largest absolute Gasteiger partial charge is 0.310 e. The van der Waals surface area contributed by atoms with Gasteiger partial charge in [-0.25, -0.2) is 0 Å². The topological polar surface area (TPSA) is 75.6 Å². The van der Waals surface area contributed by atoms with Gasteiger partial charge in [-0.15, -0.1) is 0 Å². The molecule has 0 aliphatic carbocycles. The molecule has 0 radical (unpaired) electrons. The zero-order valence-electron chi connectivity index (χ0n) is 14.1. The van der Waals surface area contributed by atoms with E-state index in [4.69, 9.17) is 0 Å². The highest BCUT2D eigenvalue weighted by Crippen LogP contribution is 2.25. The van der Waals surface area contributed by atoms with Crippen molar-refractivity contribution in [3.8, 4) is 11.1 Å². The predicted molar refractivity (Wildman–Crippen MR) is 93.7 cm³/mol. The molecule has 1 amide bonds. The van der Waals surface area contributed by atoms with Crippen LogP contribution in [0.25, 0.3) is 11.1 Å². The molecule has 2 N–H and O–H groups in total. The second kappa shape index (κ2) is 6.70. The van der Waals surface area contributed by atoms with Crippen molar-refractivity contribution >= 4 is 11.7 Å². The summed E-state index contributed by atoms with van der Waals surface area (Å²) in [5.41, 5.74) is 4.81. The minimum absolute atomic E-state index is 0.0849. The van der Waals surface area contributed by atoms with Crippen LogP contribution in [0.4, 0.5) is 5.82 Å². The minimum Gasteiger partial charge on any atom is -0.310 e. The van der Waals surface area contributed by atoms with E-state index in [0.29, 0.717) is 12.2 Å². The quantitative estimate of drug-likeness (QED) is 0.757. The molecule has 3 rings (SSSR count). The summed E-state index contributed by atoms with van der Waals surface area (Å²) >= 11 is 0. The fourth-order valence-corrected chi connectivity index (χ4v) is 2.86. The van der Waals surface area contributed by atoms with E-state index in [-0.39, 0.29) is 5.91 Å². The number of nitrogens with one attached hydrogen (secondary N) is 2. The minimum atomic E-state index is -0.0849. The van der Waals surface area contributed by atoms with Crippen molar-refractivity contribution in [3.05, 3.63) is 53.5 Å². The molecule has 0 spiro atoms. The zero-order valence-corrected chi connectivity index (χ0v) is 14.1. The highest BCUT2D eigenvalue weighted by molar-refractivity contribution is 5.95. The molecule has 124 valence electrons. The molecule has 2 heterocycles. The molecular weight excluding hydrogens is 302 g/mol. The lowest BCUT2D eigenvalue weighted by atomic mass is 10.1. The van der Waals surface area contributed by atoms with Gasteiger partial charge in [0.25, 0.3) is 0 Å². The summed E-state index contributed by atoms with van der Waals surface area (Å²) in [4.78, 5) is 12.5.